The summed E-state index contributed by atoms with van der Waals surface area (Å²) in [6.07, 6.45) is 0.974. The zero-order valence-corrected chi connectivity index (χ0v) is 14.4. The lowest BCUT2D eigenvalue weighted by atomic mass is 10.2. The molecule has 3 nitrogen and oxygen atoms in total. The van der Waals surface area contributed by atoms with E-state index in [0.29, 0.717) is 0 Å². The fourth-order valence-electron chi connectivity index (χ4n) is 2.16. The molecule has 0 unspecified atom stereocenters. The van der Waals surface area contributed by atoms with Gasteiger partial charge in [0.05, 0.1) is 5.69 Å². The molecule has 114 valence electrons. The first-order chi connectivity index (χ1) is 10.1. The second-order valence-electron chi connectivity index (χ2n) is 4.99. The van der Waals surface area contributed by atoms with Gasteiger partial charge in [-0.05, 0) is 30.7 Å². The van der Waals surface area contributed by atoms with Gasteiger partial charge in [-0.2, -0.15) is 0 Å². The maximum absolute atomic E-state index is 6.04. The number of thiazole rings is 1. The first kappa shape index (κ1) is 16.3. The molecular weight excluding hydrogens is 302 g/mol. The van der Waals surface area contributed by atoms with Gasteiger partial charge in [0.25, 0.3) is 0 Å². The van der Waals surface area contributed by atoms with Crippen molar-refractivity contribution in [1.82, 2.24) is 10.3 Å². The number of aryl methyl sites for hydroxylation is 1. The Bertz CT molecular complexity index is 583. The van der Waals surface area contributed by atoms with Gasteiger partial charge in [-0.25, -0.2) is 4.98 Å². The minimum atomic E-state index is 0.780. The van der Waals surface area contributed by atoms with E-state index < -0.39 is 0 Å². The molecule has 21 heavy (non-hydrogen) atoms. The van der Waals surface area contributed by atoms with Gasteiger partial charge in [0.15, 0.2) is 5.13 Å². The van der Waals surface area contributed by atoms with E-state index in [9.17, 15) is 0 Å². The van der Waals surface area contributed by atoms with Crippen LogP contribution >= 0.6 is 22.9 Å². The van der Waals surface area contributed by atoms with Crippen LogP contribution in [0.3, 0.4) is 0 Å². The Morgan fingerprint density at radius 1 is 1.33 bits per heavy atom. The lowest BCUT2D eigenvalue weighted by Crippen LogP contribution is -2.16. The van der Waals surface area contributed by atoms with E-state index >= 15 is 0 Å². The standard InChI is InChI=1S/C16H22ClN3S/c1-4-14-15(10-18-5-2)21-16(19-14)20(3)11-12-7-6-8-13(17)9-12/h6-9,18H,4-5,10-11H2,1-3H3. The molecule has 0 amide bonds. The summed E-state index contributed by atoms with van der Waals surface area (Å²) in [5.41, 5.74) is 2.40. The third-order valence-corrected chi connectivity index (χ3v) is 4.72. The average molecular weight is 324 g/mol. The van der Waals surface area contributed by atoms with Gasteiger partial charge in [0.2, 0.25) is 0 Å². The van der Waals surface area contributed by atoms with Crippen molar-refractivity contribution in [1.29, 1.82) is 0 Å². The third kappa shape index (κ3) is 4.43. The van der Waals surface area contributed by atoms with Crippen LogP contribution in [0.4, 0.5) is 5.13 Å². The fourth-order valence-corrected chi connectivity index (χ4v) is 3.45. The molecule has 0 aliphatic carbocycles. The van der Waals surface area contributed by atoms with E-state index in [1.54, 1.807) is 11.3 Å². The average Bonchev–Trinajstić information content (AvgIpc) is 2.88. The predicted molar refractivity (Wildman–Crippen MR) is 92.4 cm³/mol. The molecule has 1 aromatic heterocycles. The van der Waals surface area contributed by atoms with E-state index in [-0.39, 0.29) is 0 Å². The molecule has 0 radical (unpaired) electrons. The van der Waals surface area contributed by atoms with Crippen molar-refractivity contribution in [3.05, 3.63) is 45.4 Å². The fraction of sp³-hybridized carbons (Fsp3) is 0.438. The van der Waals surface area contributed by atoms with Gasteiger partial charge in [-0.15, -0.1) is 11.3 Å². The van der Waals surface area contributed by atoms with Crippen molar-refractivity contribution in [3.8, 4) is 0 Å². The molecule has 2 rings (SSSR count). The second kappa shape index (κ2) is 7.78. The molecule has 2 aromatic rings. The number of halogens is 1. The number of nitrogens with one attached hydrogen (secondary N) is 1. The lowest BCUT2D eigenvalue weighted by molar-refractivity contribution is 0.727. The summed E-state index contributed by atoms with van der Waals surface area (Å²) in [6, 6.07) is 7.99. The van der Waals surface area contributed by atoms with Gasteiger partial charge < -0.3 is 10.2 Å². The largest absolute Gasteiger partial charge is 0.347 e. The summed E-state index contributed by atoms with van der Waals surface area (Å²) in [4.78, 5) is 8.30. The number of hydrogen-bond donors (Lipinski definition) is 1. The maximum Gasteiger partial charge on any atom is 0.185 e. The highest BCUT2D eigenvalue weighted by Gasteiger charge is 2.13. The first-order valence-electron chi connectivity index (χ1n) is 7.28. The number of aromatic nitrogens is 1. The monoisotopic (exact) mass is 323 g/mol. The van der Waals surface area contributed by atoms with E-state index in [1.807, 2.05) is 18.2 Å². The topological polar surface area (TPSA) is 28.2 Å². The molecule has 0 fully saturated rings. The van der Waals surface area contributed by atoms with Crippen LogP contribution in [-0.2, 0) is 19.5 Å². The molecule has 0 atom stereocenters. The van der Waals surface area contributed by atoms with Crippen LogP contribution in [0.15, 0.2) is 24.3 Å². The van der Waals surface area contributed by atoms with Crippen LogP contribution in [0, 0.1) is 0 Å². The smallest absolute Gasteiger partial charge is 0.185 e. The van der Waals surface area contributed by atoms with E-state index in [1.165, 1.54) is 16.1 Å². The van der Waals surface area contributed by atoms with Crippen molar-refractivity contribution >= 4 is 28.1 Å². The highest BCUT2D eigenvalue weighted by Crippen LogP contribution is 2.27. The van der Waals surface area contributed by atoms with Crippen LogP contribution in [0.25, 0.3) is 0 Å². The van der Waals surface area contributed by atoms with Crippen molar-refractivity contribution < 1.29 is 0 Å². The molecule has 1 N–H and O–H groups in total. The van der Waals surface area contributed by atoms with Crippen molar-refractivity contribution in [2.45, 2.75) is 33.4 Å². The minimum Gasteiger partial charge on any atom is -0.347 e. The zero-order valence-electron chi connectivity index (χ0n) is 12.8. The molecular formula is C16H22ClN3S. The van der Waals surface area contributed by atoms with Crippen molar-refractivity contribution in [2.75, 3.05) is 18.5 Å². The van der Waals surface area contributed by atoms with Gasteiger partial charge in [0.1, 0.15) is 0 Å². The molecule has 0 saturated heterocycles. The Morgan fingerprint density at radius 3 is 2.81 bits per heavy atom. The molecule has 0 saturated carbocycles. The minimum absolute atomic E-state index is 0.780. The molecule has 0 aliphatic heterocycles. The van der Waals surface area contributed by atoms with Crippen LogP contribution < -0.4 is 10.2 Å². The van der Waals surface area contributed by atoms with Gasteiger partial charge in [0, 0.05) is 30.0 Å². The number of benzene rings is 1. The molecule has 1 aromatic carbocycles. The molecule has 5 heteroatoms. The number of rotatable bonds is 7. The number of hydrogen-bond acceptors (Lipinski definition) is 4. The maximum atomic E-state index is 6.04. The van der Waals surface area contributed by atoms with Gasteiger partial charge in [-0.3, -0.25) is 0 Å². The summed E-state index contributed by atoms with van der Waals surface area (Å²) in [7, 11) is 2.08. The van der Waals surface area contributed by atoms with E-state index in [0.717, 1.165) is 36.2 Å². The van der Waals surface area contributed by atoms with Crippen LogP contribution in [0.5, 0.6) is 0 Å². The molecule has 0 aliphatic rings. The number of anilines is 1. The summed E-state index contributed by atoms with van der Waals surface area (Å²) < 4.78 is 0. The lowest BCUT2D eigenvalue weighted by Gasteiger charge is -2.15. The normalized spacial score (nSPS) is 10.9. The van der Waals surface area contributed by atoms with Crippen LogP contribution in [0.2, 0.25) is 5.02 Å². The van der Waals surface area contributed by atoms with Crippen molar-refractivity contribution in [3.63, 3.8) is 0 Å². The SMILES string of the molecule is CCNCc1sc(N(C)Cc2cccc(Cl)c2)nc1CC. The Hall–Kier alpha value is -1.10. The Balaban J connectivity index is 2.11. The summed E-state index contributed by atoms with van der Waals surface area (Å²) in [5.74, 6) is 0. The van der Waals surface area contributed by atoms with E-state index in [4.69, 9.17) is 16.6 Å². The molecule has 1 heterocycles. The zero-order chi connectivity index (χ0) is 15.2. The Labute approximate surface area is 136 Å². The van der Waals surface area contributed by atoms with E-state index in [2.05, 4.69) is 37.2 Å². The van der Waals surface area contributed by atoms with Gasteiger partial charge >= 0.3 is 0 Å². The quantitative estimate of drug-likeness (QED) is 0.831. The second-order valence-corrected chi connectivity index (χ2v) is 6.48. The first-order valence-corrected chi connectivity index (χ1v) is 8.48. The number of nitrogens with zero attached hydrogens (tertiary/aromatic N) is 2. The molecule has 0 spiro atoms. The predicted octanol–water partition coefficient (Wildman–Crippen LogP) is 4.10. The Kier molecular flexibility index (Phi) is 6.03. The Morgan fingerprint density at radius 2 is 2.14 bits per heavy atom. The molecule has 0 bridgehead atoms. The highest BCUT2D eigenvalue weighted by atomic mass is 35.5. The van der Waals surface area contributed by atoms with Crippen LogP contribution in [-0.4, -0.2) is 18.6 Å². The summed E-state index contributed by atoms with van der Waals surface area (Å²) >= 11 is 7.82. The van der Waals surface area contributed by atoms with Crippen LogP contribution in [0.1, 0.15) is 30.0 Å². The van der Waals surface area contributed by atoms with Gasteiger partial charge in [-0.1, -0.05) is 37.6 Å². The van der Waals surface area contributed by atoms with Crippen molar-refractivity contribution in [2.24, 2.45) is 0 Å². The highest BCUT2D eigenvalue weighted by molar-refractivity contribution is 7.15. The summed E-state index contributed by atoms with van der Waals surface area (Å²) in [6.45, 7) is 6.99. The third-order valence-electron chi connectivity index (χ3n) is 3.27. The summed E-state index contributed by atoms with van der Waals surface area (Å²) in [5, 5.41) is 5.23.